The second-order valence-electron chi connectivity index (χ2n) is 15.6. The number of hydrogen-bond acceptors (Lipinski definition) is 9. The zero-order valence-electron chi connectivity index (χ0n) is 31.9. The van der Waals surface area contributed by atoms with Crippen molar-refractivity contribution in [3.05, 3.63) is 59.7 Å². The SMILES string of the molecule is CCC1(c2cccc(OC(=O)CC(O)(CC(=O)Oc3cccc(C4(CC)CCCCN(C)C4)c3)C(=O)N[C@H](C(=O)O)C(C)C)c2)CCCCN(C)C1. The first kappa shape index (κ1) is 41.0. The van der Waals surface area contributed by atoms with Crippen molar-refractivity contribution < 1.29 is 38.9 Å². The Morgan fingerprint density at radius 3 is 1.62 bits per heavy atom. The van der Waals surface area contributed by atoms with Crippen molar-refractivity contribution in [3.8, 4) is 11.5 Å². The Hall–Kier alpha value is -3.80. The zero-order chi connectivity index (χ0) is 38.1. The van der Waals surface area contributed by atoms with Gasteiger partial charge >= 0.3 is 17.9 Å². The number of nitrogens with one attached hydrogen (secondary N) is 1. The van der Waals surface area contributed by atoms with Gasteiger partial charge in [-0.25, -0.2) is 4.79 Å². The number of carbonyl (C=O) groups is 4. The lowest BCUT2D eigenvalue weighted by Crippen LogP contribution is -2.56. The Morgan fingerprint density at radius 1 is 0.788 bits per heavy atom. The lowest BCUT2D eigenvalue weighted by Gasteiger charge is -2.35. The van der Waals surface area contributed by atoms with E-state index < -0.39 is 54.2 Å². The molecule has 0 aliphatic carbocycles. The first-order valence-electron chi connectivity index (χ1n) is 18.9. The Balaban J connectivity index is 1.56. The van der Waals surface area contributed by atoms with Crippen molar-refractivity contribution >= 4 is 23.8 Å². The van der Waals surface area contributed by atoms with E-state index >= 15 is 0 Å². The first-order chi connectivity index (χ1) is 24.6. The minimum Gasteiger partial charge on any atom is -0.480 e. The number of esters is 2. The molecule has 2 aliphatic heterocycles. The largest absolute Gasteiger partial charge is 0.480 e. The van der Waals surface area contributed by atoms with Crippen LogP contribution in [0.4, 0.5) is 0 Å². The van der Waals surface area contributed by atoms with Gasteiger partial charge < -0.3 is 34.8 Å². The molecule has 3 atom stereocenters. The average molecular weight is 722 g/mol. The van der Waals surface area contributed by atoms with E-state index in [9.17, 15) is 29.4 Å². The van der Waals surface area contributed by atoms with Crippen LogP contribution in [-0.4, -0.2) is 95.7 Å². The molecular formula is C41H59N3O8. The monoisotopic (exact) mass is 721 g/mol. The van der Waals surface area contributed by atoms with E-state index in [0.717, 1.165) is 88.7 Å². The summed E-state index contributed by atoms with van der Waals surface area (Å²) in [5.74, 6) is -4.43. The molecule has 2 aromatic carbocycles. The standard InChI is InChI=1S/C41H59N3O8/c1-7-39(19-9-11-21-43(5)27-39)30-15-13-17-32(23-30)51-34(45)25-41(50,38(49)42-36(29(3)4)37(47)48)26-35(46)52-33-18-14-16-31(24-33)40(8-2)20-10-12-22-44(6)28-40/h13-18,23-24,29,36,50H,7-12,19-22,25-28H2,1-6H3,(H,42,49)(H,47,48)/t36-,39?,40?,41?/m0/s1. The molecule has 286 valence electrons. The summed E-state index contributed by atoms with van der Waals surface area (Å²) >= 11 is 0. The van der Waals surface area contributed by atoms with Crippen molar-refractivity contribution in [1.82, 2.24) is 15.1 Å². The molecule has 1 amide bonds. The predicted molar refractivity (Wildman–Crippen MR) is 199 cm³/mol. The summed E-state index contributed by atoms with van der Waals surface area (Å²) in [5, 5.41) is 23.8. The number of nitrogens with zero attached hydrogens (tertiary/aromatic N) is 2. The zero-order valence-corrected chi connectivity index (χ0v) is 31.9. The van der Waals surface area contributed by atoms with Gasteiger partial charge in [0.05, 0.1) is 12.8 Å². The number of likely N-dealkylation sites (N-methyl/N-ethyl adjacent to an activating group) is 2. The van der Waals surface area contributed by atoms with Crippen LogP contribution in [-0.2, 0) is 30.0 Å². The maximum absolute atomic E-state index is 13.6. The van der Waals surface area contributed by atoms with E-state index in [-0.39, 0.29) is 22.3 Å². The molecule has 2 saturated heterocycles. The number of carbonyl (C=O) groups excluding carboxylic acids is 3. The molecule has 11 heteroatoms. The molecule has 2 unspecified atom stereocenters. The molecule has 3 N–H and O–H groups in total. The van der Waals surface area contributed by atoms with Crippen LogP contribution in [0, 0.1) is 5.92 Å². The van der Waals surface area contributed by atoms with Gasteiger partial charge in [0.15, 0.2) is 5.60 Å². The van der Waals surface area contributed by atoms with Crippen LogP contribution in [0.2, 0.25) is 0 Å². The summed E-state index contributed by atoms with van der Waals surface area (Å²) in [6.07, 6.45) is 6.35. The second kappa shape index (κ2) is 17.8. The van der Waals surface area contributed by atoms with Gasteiger partial charge in [-0.3, -0.25) is 14.4 Å². The van der Waals surface area contributed by atoms with E-state index in [2.05, 4.69) is 43.1 Å². The van der Waals surface area contributed by atoms with Gasteiger partial charge in [-0.2, -0.15) is 0 Å². The Bertz CT molecular complexity index is 1470. The Labute approximate surface area is 309 Å². The number of hydrogen-bond donors (Lipinski definition) is 3. The Kier molecular flexibility index (Phi) is 14.0. The van der Waals surface area contributed by atoms with Gasteiger partial charge in [-0.1, -0.05) is 64.8 Å². The molecule has 0 aromatic heterocycles. The minimum atomic E-state index is -2.66. The van der Waals surface area contributed by atoms with Gasteiger partial charge in [-0.15, -0.1) is 0 Å². The van der Waals surface area contributed by atoms with Gasteiger partial charge in [-0.05, 0) is 107 Å². The second-order valence-corrected chi connectivity index (χ2v) is 15.6. The smallest absolute Gasteiger partial charge is 0.326 e. The fourth-order valence-electron chi connectivity index (χ4n) is 8.10. The Morgan fingerprint density at radius 2 is 1.23 bits per heavy atom. The van der Waals surface area contributed by atoms with Gasteiger partial charge in [0.25, 0.3) is 5.91 Å². The molecule has 0 spiro atoms. The van der Waals surface area contributed by atoms with Crippen LogP contribution < -0.4 is 14.8 Å². The van der Waals surface area contributed by atoms with Crippen LogP contribution in [0.3, 0.4) is 0 Å². The summed E-state index contributed by atoms with van der Waals surface area (Å²) in [6, 6.07) is 13.3. The average Bonchev–Trinajstić information content (AvgIpc) is 3.42. The molecule has 2 heterocycles. The maximum atomic E-state index is 13.6. The summed E-state index contributed by atoms with van der Waals surface area (Å²) in [5.41, 5.74) is -0.833. The molecule has 0 bridgehead atoms. The van der Waals surface area contributed by atoms with E-state index in [0.29, 0.717) is 0 Å². The minimum absolute atomic E-state index is 0.124. The molecule has 0 saturated carbocycles. The third-order valence-corrected chi connectivity index (χ3v) is 11.3. The summed E-state index contributed by atoms with van der Waals surface area (Å²) in [7, 11) is 4.22. The topological polar surface area (TPSA) is 146 Å². The molecule has 52 heavy (non-hydrogen) atoms. The fourth-order valence-corrected chi connectivity index (χ4v) is 8.10. The van der Waals surface area contributed by atoms with Crippen molar-refractivity contribution in [2.24, 2.45) is 5.92 Å². The predicted octanol–water partition coefficient (Wildman–Crippen LogP) is 5.46. The molecule has 2 aromatic rings. The number of carboxylic acids is 1. The van der Waals surface area contributed by atoms with E-state index in [1.807, 2.05) is 36.4 Å². The summed E-state index contributed by atoms with van der Waals surface area (Å²) < 4.78 is 11.4. The van der Waals surface area contributed by atoms with Crippen LogP contribution in [0.1, 0.15) is 103 Å². The number of rotatable bonds is 14. The quantitative estimate of drug-likeness (QED) is 0.170. The van der Waals surface area contributed by atoms with Crippen LogP contribution in [0.25, 0.3) is 0 Å². The van der Waals surface area contributed by atoms with Crippen molar-refractivity contribution in [3.63, 3.8) is 0 Å². The number of aliphatic hydroxyl groups is 1. The van der Waals surface area contributed by atoms with Crippen LogP contribution in [0.5, 0.6) is 11.5 Å². The lowest BCUT2D eigenvalue weighted by molar-refractivity contribution is -0.159. The molecular weight excluding hydrogens is 662 g/mol. The number of carboxylic acid groups (broad SMARTS) is 1. The number of benzene rings is 2. The lowest BCUT2D eigenvalue weighted by atomic mass is 9.74. The molecule has 2 aliphatic rings. The van der Waals surface area contributed by atoms with E-state index in [1.54, 1.807) is 26.0 Å². The molecule has 4 rings (SSSR count). The van der Waals surface area contributed by atoms with Gasteiger partial charge in [0.1, 0.15) is 17.5 Å². The van der Waals surface area contributed by atoms with Crippen LogP contribution in [0.15, 0.2) is 48.5 Å². The molecule has 2 fully saturated rings. The van der Waals surface area contributed by atoms with Crippen molar-refractivity contribution in [2.45, 2.75) is 114 Å². The van der Waals surface area contributed by atoms with Crippen molar-refractivity contribution in [2.75, 3.05) is 40.3 Å². The fraction of sp³-hybridized carbons (Fsp3) is 0.610. The third kappa shape index (κ3) is 10.2. The highest BCUT2D eigenvalue weighted by Crippen LogP contribution is 2.39. The maximum Gasteiger partial charge on any atom is 0.326 e. The highest BCUT2D eigenvalue weighted by molar-refractivity contribution is 5.95. The first-order valence-corrected chi connectivity index (χ1v) is 18.9. The number of ether oxygens (including phenoxy) is 2. The highest BCUT2D eigenvalue weighted by atomic mass is 16.5. The molecule has 11 nitrogen and oxygen atoms in total. The summed E-state index contributed by atoms with van der Waals surface area (Å²) in [4.78, 5) is 57.2. The summed E-state index contributed by atoms with van der Waals surface area (Å²) in [6.45, 7) is 11.3. The normalized spacial score (nSPS) is 23.5. The highest BCUT2D eigenvalue weighted by Gasteiger charge is 2.44. The number of amides is 1. The molecule has 0 radical (unpaired) electrons. The van der Waals surface area contributed by atoms with E-state index in [1.165, 1.54) is 0 Å². The van der Waals surface area contributed by atoms with Gasteiger partial charge in [0.2, 0.25) is 0 Å². The third-order valence-electron chi connectivity index (χ3n) is 11.3. The number of likely N-dealkylation sites (tertiary alicyclic amines) is 2. The van der Waals surface area contributed by atoms with E-state index in [4.69, 9.17) is 9.47 Å². The van der Waals surface area contributed by atoms with Crippen LogP contribution >= 0.6 is 0 Å². The van der Waals surface area contributed by atoms with Gasteiger partial charge in [0, 0.05) is 23.9 Å². The number of aliphatic carboxylic acids is 1. The van der Waals surface area contributed by atoms with Crippen molar-refractivity contribution in [1.29, 1.82) is 0 Å².